The van der Waals surface area contributed by atoms with E-state index in [9.17, 15) is 9.59 Å². The Hall–Kier alpha value is -2.16. The minimum absolute atomic E-state index is 0.343. The van der Waals surface area contributed by atoms with Crippen molar-refractivity contribution in [3.8, 4) is 0 Å². The van der Waals surface area contributed by atoms with E-state index < -0.39 is 11.6 Å². The molecule has 2 aromatic rings. The molecule has 3 nitrogen and oxygen atoms in total. The third-order valence-corrected chi connectivity index (χ3v) is 4.26. The molecule has 0 aliphatic carbocycles. The highest BCUT2D eigenvalue weighted by molar-refractivity contribution is 6.97. The lowest BCUT2D eigenvalue weighted by atomic mass is 9.35. The van der Waals surface area contributed by atoms with Crippen LogP contribution in [0.25, 0.3) is 0 Å². The molecule has 2 atom stereocenters. The topological polar surface area (TPSA) is 37.4 Å². The molecule has 0 spiro atoms. The van der Waals surface area contributed by atoms with Crippen molar-refractivity contribution in [1.29, 1.82) is 0 Å². The normalized spacial score (nSPS) is 20.2. The summed E-state index contributed by atoms with van der Waals surface area (Å²) in [4.78, 5) is 26.0. The van der Waals surface area contributed by atoms with Gasteiger partial charge in [0, 0.05) is 27.1 Å². The van der Waals surface area contributed by atoms with E-state index >= 15 is 0 Å². The standard InChI is InChI=1S/C17H13B4NO2/c18-20-14-15(21-19)17(24)22(16(14)23)13-8-6-12(7-9-13)10-11-4-2-1-3-5-11/h1-9,14-15H,10H2. The van der Waals surface area contributed by atoms with Crippen molar-refractivity contribution in [2.24, 2.45) is 0 Å². The molecule has 2 unspecified atom stereocenters. The quantitative estimate of drug-likeness (QED) is 0.617. The number of carbonyl (C=O) groups excluding carboxylic acids is 2. The SMILES string of the molecule is [B][B]C1C(=O)N(c2ccc(Cc3ccccc3)cc2)C(=O)C1[B][B]. The Morgan fingerprint density at radius 1 is 0.792 bits per heavy atom. The van der Waals surface area contributed by atoms with Gasteiger partial charge in [-0.2, -0.15) is 0 Å². The highest BCUT2D eigenvalue weighted by Gasteiger charge is 2.45. The Morgan fingerprint density at radius 2 is 1.29 bits per heavy atom. The molecule has 1 aliphatic rings. The predicted octanol–water partition coefficient (Wildman–Crippen LogP) is 1.30. The molecule has 110 valence electrons. The predicted molar refractivity (Wildman–Crippen MR) is 98.7 cm³/mol. The van der Waals surface area contributed by atoms with Crippen molar-refractivity contribution in [2.75, 3.05) is 4.90 Å². The van der Waals surface area contributed by atoms with E-state index in [0.29, 0.717) is 5.69 Å². The van der Waals surface area contributed by atoms with Crippen molar-refractivity contribution >= 4 is 47.3 Å². The first-order chi connectivity index (χ1) is 11.7. The fourth-order valence-corrected chi connectivity index (χ4v) is 2.97. The lowest BCUT2D eigenvalue weighted by Crippen LogP contribution is -2.30. The number of carbonyl (C=O) groups is 2. The molecule has 1 saturated heterocycles. The van der Waals surface area contributed by atoms with E-state index in [0.717, 1.165) is 16.9 Å². The first-order valence-electron chi connectivity index (χ1n) is 7.76. The van der Waals surface area contributed by atoms with Gasteiger partial charge in [-0.3, -0.25) is 14.5 Å². The van der Waals surface area contributed by atoms with Crippen LogP contribution in [-0.4, -0.2) is 41.6 Å². The summed E-state index contributed by atoms with van der Waals surface area (Å²) < 4.78 is 0. The van der Waals surface area contributed by atoms with Gasteiger partial charge < -0.3 is 0 Å². The molecule has 7 heteroatoms. The molecular formula is C17H13B4NO2. The van der Waals surface area contributed by atoms with Gasteiger partial charge in [0.25, 0.3) is 0 Å². The number of rotatable bonds is 5. The molecule has 2 aromatic carbocycles. The molecule has 1 fully saturated rings. The van der Waals surface area contributed by atoms with Crippen molar-refractivity contribution in [2.45, 2.75) is 18.1 Å². The average molecular weight is 307 g/mol. The second-order valence-corrected chi connectivity index (χ2v) is 5.78. The summed E-state index contributed by atoms with van der Waals surface area (Å²) in [5.74, 6) is -2.09. The van der Waals surface area contributed by atoms with Crippen molar-refractivity contribution in [3.05, 3.63) is 65.7 Å². The van der Waals surface area contributed by atoms with Gasteiger partial charge in [-0.15, -0.1) is 0 Å². The molecule has 6 radical (unpaired) electrons. The van der Waals surface area contributed by atoms with Crippen LogP contribution in [-0.2, 0) is 16.0 Å². The fraction of sp³-hybridized carbons (Fsp3) is 0.176. The fourth-order valence-electron chi connectivity index (χ4n) is 2.97. The molecule has 0 aromatic heterocycles. The molecule has 2 amide bonds. The van der Waals surface area contributed by atoms with Gasteiger partial charge in [-0.25, -0.2) is 0 Å². The average Bonchev–Trinajstić information content (AvgIpc) is 2.86. The van der Waals surface area contributed by atoms with E-state index in [1.165, 1.54) is 19.9 Å². The van der Waals surface area contributed by atoms with Gasteiger partial charge in [0.1, 0.15) is 0 Å². The van der Waals surface area contributed by atoms with Crippen LogP contribution in [0.4, 0.5) is 5.69 Å². The molecule has 24 heavy (non-hydrogen) atoms. The van der Waals surface area contributed by atoms with Gasteiger partial charge in [0.15, 0.2) is 0 Å². The number of imide groups is 1. The van der Waals surface area contributed by atoms with Crippen molar-refractivity contribution < 1.29 is 9.59 Å². The summed E-state index contributed by atoms with van der Waals surface area (Å²) in [6.45, 7) is 0. The van der Waals surface area contributed by atoms with Gasteiger partial charge >= 0.3 is 0 Å². The van der Waals surface area contributed by atoms with E-state index in [2.05, 4.69) is 12.1 Å². The van der Waals surface area contributed by atoms with Gasteiger partial charge in [-0.05, 0) is 29.7 Å². The third kappa shape index (κ3) is 3.08. The lowest BCUT2D eigenvalue weighted by molar-refractivity contribution is -0.121. The van der Waals surface area contributed by atoms with Crippen molar-refractivity contribution in [1.82, 2.24) is 0 Å². The van der Waals surface area contributed by atoms with Crippen LogP contribution >= 0.6 is 0 Å². The maximum Gasteiger partial charge on any atom is 0.228 e. The molecule has 1 aliphatic heterocycles. The molecule has 3 rings (SSSR count). The number of anilines is 1. The Morgan fingerprint density at radius 3 is 1.79 bits per heavy atom. The minimum Gasteiger partial charge on any atom is -0.275 e. The van der Waals surface area contributed by atoms with Crippen molar-refractivity contribution in [3.63, 3.8) is 0 Å². The Kier molecular flexibility index (Phi) is 4.98. The number of amides is 2. The molecule has 0 bridgehead atoms. The largest absolute Gasteiger partial charge is 0.275 e. The summed E-state index contributed by atoms with van der Waals surface area (Å²) in [6, 6.07) is 17.5. The van der Waals surface area contributed by atoms with Crippen LogP contribution < -0.4 is 4.90 Å². The Labute approximate surface area is 146 Å². The van der Waals surface area contributed by atoms with Gasteiger partial charge in [0.2, 0.25) is 11.8 Å². The van der Waals surface area contributed by atoms with E-state index in [1.54, 1.807) is 12.1 Å². The summed E-state index contributed by atoms with van der Waals surface area (Å²) in [5, 5.41) is 0. The number of hydrogen-bond acceptors (Lipinski definition) is 2. The van der Waals surface area contributed by atoms with E-state index in [1.807, 2.05) is 30.3 Å². The van der Waals surface area contributed by atoms with Gasteiger partial charge in [0.05, 0.1) is 20.0 Å². The smallest absolute Gasteiger partial charge is 0.228 e. The molecule has 0 saturated carbocycles. The van der Waals surface area contributed by atoms with Crippen LogP contribution in [0, 0.1) is 0 Å². The monoisotopic (exact) mass is 307 g/mol. The number of nitrogens with zero attached hydrogens (tertiary/aromatic N) is 1. The van der Waals surface area contributed by atoms with Crippen LogP contribution in [0.1, 0.15) is 11.1 Å². The maximum atomic E-state index is 12.4. The molecular weight excluding hydrogens is 293 g/mol. The summed E-state index contributed by atoms with van der Waals surface area (Å²) in [5.41, 5.74) is 2.85. The Balaban J connectivity index is 1.80. The summed E-state index contributed by atoms with van der Waals surface area (Å²) >= 11 is 0. The first-order valence-corrected chi connectivity index (χ1v) is 7.76. The highest BCUT2D eigenvalue weighted by Crippen LogP contribution is 2.37. The zero-order chi connectivity index (χ0) is 17.1. The van der Waals surface area contributed by atoms with E-state index in [-0.39, 0.29) is 11.8 Å². The zero-order valence-electron chi connectivity index (χ0n) is 13.1. The van der Waals surface area contributed by atoms with Gasteiger partial charge in [-0.1, -0.05) is 42.5 Å². The molecule has 0 N–H and O–H groups in total. The Bertz CT molecular complexity index is 714. The summed E-state index contributed by atoms with van der Waals surface area (Å²) in [6.07, 6.45) is 0.793. The first kappa shape index (κ1) is 16.7. The maximum absolute atomic E-state index is 12.4. The van der Waals surface area contributed by atoms with Crippen LogP contribution in [0.2, 0.25) is 11.6 Å². The zero-order valence-corrected chi connectivity index (χ0v) is 13.1. The summed E-state index contributed by atoms with van der Waals surface area (Å²) in [7, 11) is 13.5. The second-order valence-electron chi connectivity index (χ2n) is 5.78. The van der Waals surface area contributed by atoms with Crippen LogP contribution in [0.5, 0.6) is 0 Å². The number of hydrogen-bond donors (Lipinski definition) is 0. The van der Waals surface area contributed by atoms with Crippen LogP contribution in [0.15, 0.2) is 54.6 Å². The lowest BCUT2D eigenvalue weighted by Gasteiger charge is -2.15. The number of benzene rings is 2. The second kappa shape index (κ2) is 7.16. The third-order valence-electron chi connectivity index (χ3n) is 4.26. The highest BCUT2D eigenvalue weighted by atomic mass is 16.2. The van der Waals surface area contributed by atoms with E-state index in [4.69, 9.17) is 15.5 Å². The van der Waals surface area contributed by atoms with Crippen LogP contribution in [0.3, 0.4) is 0 Å². The molecule has 1 heterocycles. The minimum atomic E-state index is -0.702.